The van der Waals surface area contributed by atoms with E-state index in [1.54, 1.807) is 22.8 Å². The molecular weight excluding hydrogens is 254 g/mol. The largest absolute Gasteiger partial charge is 0.352 e. The highest BCUT2D eigenvalue weighted by molar-refractivity contribution is 6.04. The summed E-state index contributed by atoms with van der Waals surface area (Å²) in [5, 5.41) is 2.81. The predicted octanol–water partition coefficient (Wildman–Crippen LogP) is 2.22. The van der Waals surface area contributed by atoms with Crippen molar-refractivity contribution in [2.75, 3.05) is 6.54 Å². The second kappa shape index (κ2) is 5.77. The molecule has 0 saturated carbocycles. The summed E-state index contributed by atoms with van der Waals surface area (Å²) in [6, 6.07) is 5.38. The highest BCUT2D eigenvalue weighted by atomic mass is 16.2. The van der Waals surface area contributed by atoms with Crippen LogP contribution >= 0.6 is 0 Å². The number of aromatic amines is 1. The Labute approximate surface area is 117 Å². The summed E-state index contributed by atoms with van der Waals surface area (Å²) in [5.41, 5.74) is 1.63. The van der Waals surface area contributed by atoms with Crippen molar-refractivity contribution in [2.45, 2.75) is 26.3 Å². The molecule has 2 aromatic rings. The number of fused-ring (bicyclic) bond motifs is 1. The standard InChI is InChI=1S/C15H19N3O2/c1-4-5-9-16-14(19)11-7-6-8-12-13(11)17-15(20)18(12)10(2)3/h4,6-8,10H,1,5,9H2,2-3H3,(H,16,19)(H,17,20). The van der Waals surface area contributed by atoms with Crippen LogP contribution in [0.2, 0.25) is 0 Å². The predicted molar refractivity (Wildman–Crippen MR) is 80.1 cm³/mol. The number of H-pyrrole nitrogens is 1. The summed E-state index contributed by atoms with van der Waals surface area (Å²) in [6.07, 6.45) is 2.46. The number of nitrogens with zero attached hydrogens (tertiary/aromatic N) is 1. The van der Waals surface area contributed by atoms with Gasteiger partial charge in [0.1, 0.15) is 0 Å². The van der Waals surface area contributed by atoms with Gasteiger partial charge in [0.2, 0.25) is 0 Å². The molecule has 1 amide bonds. The zero-order chi connectivity index (χ0) is 14.7. The van der Waals surface area contributed by atoms with E-state index in [9.17, 15) is 9.59 Å². The van der Waals surface area contributed by atoms with Crippen LogP contribution in [0.4, 0.5) is 0 Å². The first-order valence-electron chi connectivity index (χ1n) is 6.68. The summed E-state index contributed by atoms with van der Waals surface area (Å²) in [6.45, 7) is 8.02. The van der Waals surface area contributed by atoms with Crippen LogP contribution < -0.4 is 11.0 Å². The SMILES string of the molecule is C=CCCNC(=O)c1cccc2c1[nH]c(=O)n2C(C)C. The van der Waals surface area contributed by atoms with Crippen molar-refractivity contribution in [1.82, 2.24) is 14.9 Å². The third-order valence-corrected chi connectivity index (χ3v) is 3.15. The van der Waals surface area contributed by atoms with Gasteiger partial charge in [-0.3, -0.25) is 9.36 Å². The Hall–Kier alpha value is -2.30. The number of para-hydroxylation sites is 1. The topological polar surface area (TPSA) is 66.9 Å². The minimum atomic E-state index is -0.193. The van der Waals surface area contributed by atoms with E-state index in [0.717, 1.165) is 5.52 Å². The van der Waals surface area contributed by atoms with E-state index in [0.29, 0.717) is 24.0 Å². The number of hydrogen-bond acceptors (Lipinski definition) is 2. The van der Waals surface area contributed by atoms with Crippen molar-refractivity contribution in [2.24, 2.45) is 0 Å². The summed E-state index contributed by atoms with van der Waals surface area (Å²) >= 11 is 0. The molecule has 0 aliphatic rings. The fraction of sp³-hybridized carbons (Fsp3) is 0.333. The van der Waals surface area contributed by atoms with Crippen molar-refractivity contribution in [1.29, 1.82) is 0 Å². The van der Waals surface area contributed by atoms with Crippen LogP contribution in [-0.4, -0.2) is 22.0 Å². The van der Waals surface area contributed by atoms with Gasteiger partial charge in [-0.2, -0.15) is 0 Å². The molecule has 0 fully saturated rings. The fourth-order valence-corrected chi connectivity index (χ4v) is 2.23. The number of amides is 1. The Morgan fingerprint density at radius 3 is 2.90 bits per heavy atom. The molecule has 1 aromatic carbocycles. The molecule has 2 rings (SSSR count). The molecular formula is C15H19N3O2. The van der Waals surface area contributed by atoms with Gasteiger partial charge in [-0.1, -0.05) is 12.1 Å². The van der Waals surface area contributed by atoms with Gasteiger partial charge in [0, 0.05) is 12.6 Å². The van der Waals surface area contributed by atoms with Gasteiger partial charge in [0.15, 0.2) is 0 Å². The van der Waals surface area contributed by atoms with Crippen molar-refractivity contribution >= 4 is 16.9 Å². The van der Waals surface area contributed by atoms with Gasteiger partial charge in [0.25, 0.3) is 5.91 Å². The summed E-state index contributed by atoms with van der Waals surface area (Å²) < 4.78 is 1.65. The minimum absolute atomic E-state index is 0.0373. The average Bonchev–Trinajstić information content (AvgIpc) is 2.74. The monoisotopic (exact) mass is 273 g/mol. The smallest absolute Gasteiger partial charge is 0.326 e. The Morgan fingerprint density at radius 1 is 1.50 bits per heavy atom. The minimum Gasteiger partial charge on any atom is -0.352 e. The summed E-state index contributed by atoms with van der Waals surface area (Å²) in [7, 11) is 0. The van der Waals surface area contributed by atoms with Gasteiger partial charge in [-0.25, -0.2) is 4.79 Å². The molecule has 0 radical (unpaired) electrons. The number of nitrogens with one attached hydrogen (secondary N) is 2. The second-order valence-corrected chi connectivity index (χ2v) is 4.93. The maximum atomic E-state index is 12.1. The molecule has 20 heavy (non-hydrogen) atoms. The molecule has 5 nitrogen and oxygen atoms in total. The first-order chi connectivity index (χ1) is 9.56. The van der Waals surface area contributed by atoms with E-state index in [1.807, 2.05) is 19.9 Å². The molecule has 106 valence electrons. The second-order valence-electron chi connectivity index (χ2n) is 4.93. The maximum Gasteiger partial charge on any atom is 0.326 e. The molecule has 0 spiro atoms. The first-order valence-corrected chi connectivity index (χ1v) is 6.68. The van der Waals surface area contributed by atoms with Crippen molar-refractivity contribution in [3.8, 4) is 0 Å². The molecule has 5 heteroatoms. The molecule has 2 N–H and O–H groups in total. The van der Waals surface area contributed by atoms with Crippen LogP contribution in [0.3, 0.4) is 0 Å². The van der Waals surface area contributed by atoms with E-state index < -0.39 is 0 Å². The van der Waals surface area contributed by atoms with Gasteiger partial charge in [0.05, 0.1) is 16.6 Å². The zero-order valence-corrected chi connectivity index (χ0v) is 11.8. The highest BCUT2D eigenvalue weighted by Crippen LogP contribution is 2.18. The Kier molecular flexibility index (Phi) is 4.08. The van der Waals surface area contributed by atoms with Crippen LogP contribution in [0.1, 0.15) is 36.7 Å². The van der Waals surface area contributed by atoms with Gasteiger partial charge >= 0.3 is 5.69 Å². The van der Waals surface area contributed by atoms with Gasteiger partial charge in [-0.05, 0) is 32.4 Å². The third-order valence-electron chi connectivity index (χ3n) is 3.15. The van der Waals surface area contributed by atoms with Crippen molar-refractivity contribution in [3.63, 3.8) is 0 Å². The van der Waals surface area contributed by atoms with Gasteiger partial charge < -0.3 is 10.3 Å². The van der Waals surface area contributed by atoms with Crippen LogP contribution in [0.25, 0.3) is 11.0 Å². The van der Waals surface area contributed by atoms with Crippen LogP contribution in [0, 0.1) is 0 Å². The first kappa shape index (κ1) is 14.1. The number of imidazole rings is 1. The molecule has 1 aromatic heterocycles. The zero-order valence-electron chi connectivity index (χ0n) is 11.8. The van der Waals surface area contributed by atoms with Crippen LogP contribution in [0.5, 0.6) is 0 Å². The number of aromatic nitrogens is 2. The lowest BCUT2D eigenvalue weighted by atomic mass is 10.1. The highest BCUT2D eigenvalue weighted by Gasteiger charge is 2.15. The molecule has 0 saturated heterocycles. The normalized spacial score (nSPS) is 10.9. The molecule has 0 aliphatic carbocycles. The van der Waals surface area contributed by atoms with Crippen LogP contribution in [-0.2, 0) is 0 Å². The molecule has 0 bridgehead atoms. The third kappa shape index (κ3) is 2.52. The van der Waals surface area contributed by atoms with E-state index in [1.165, 1.54) is 0 Å². The Morgan fingerprint density at radius 2 is 2.25 bits per heavy atom. The van der Waals surface area contributed by atoms with E-state index >= 15 is 0 Å². The summed E-state index contributed by atoms with van der Waals surface area (Å²) in [5.74, 6) is -0.186. The number of hydrogen-bond donors (Lipinski definition) is 2. The number of carbonyl (C=O) groups excluding carboxylic acids is 1. The van der Waals surface area contributed by atoms with Crippen molar-refractivity contribution in [3.05, 3.63) is 46.9 Å². The Balaban J connectivity index is 2.45. The average molecular weight is 273 g/mol. The van der Waals surface area contributed by atoms with Crippen molar-refractivity contribution < 1.29 is 4.79 Å². The lowest BCUT2D eigenvalue weighted by molar-refractivity contribution is 0.0956. The lowest BCUT2D eigenvalue weighted by Gasteiger charge is -2.08. The number of carbonyl (C=O) groups is 1. The van der Waals surface area contributed by atoms with E-state index in [2.05, 4.69) is 16.9 Å². The lowest BCUT2D eigenvalue weighted by Crippen LogP contribution is -2.24. The van der Waals surface area contributed by atoms with E-state index in [-0.39, 0.29) is 17.6 Å². The van der Waals surface area contributed by atoms with E-state index in [4.69, 9.17) is 0 Å². The molecule has 0 unspecified atom stereocenters. The number of rotatable bonds is 5. The molecule has 0 atom stereocenters. The fourth-order valence-electron chi connectivity index (χ4n) is 2.23. The summed E-state index contributed by atoms with van der Waals surface area (Å²) in [4.78, 5) is 26.9. The Bertz CT molecular complexity index is 695. The quantitative estimate of drug-likeness (QED) is 0.648. The molecule has 0 aliphatic heterocycles. The molecule has 1 heterocycles. The van der Waals surface area contributed by atoms with Gasteiger partial charge in [-0.15, -0.1) is 6.58 Å². The number of benzene rings is 1. The van der Waals surface area contributed by atoms with Crippen LogP contribution in [0.15, 0.2) is 35.6 Å². The maximum absolute atomic E-state index is 12.1.